The van der Waals surface area contributed by atoms with E-state index in [1.54, 1.807) is 12.3 Å². The van der Waals surface area contributed by atoms with E-state index in [1.165, 1.54) is 6.07 Å². The van der Waals surface area contributed by atoms with Gasteiger partial charge in [-0.1, -0.05) is 6.08 Å². The van der Waals surface area contributed by atoms with Gasteiger partial charge in [-0.2, -0.15) is 0 Å². The molecule has 0 aliphatic carbocycles. The Hall–Kier alpha value is -1.42. The SMILES string of the molecule is Fc1cccnc1NCC1=CCCOC1. The van der Waals surface area contributed by atoms with Crippen molar-refractivity contribution in [3.8, 4) is 0 Å². The summed E-state index contributed by atoms with van der Waals surface area (Å²) in [5.74, 6) is -0.0289. The average Bonchev–Trinajstić information content (AvgIpc) is 2.29. The van der Waals surface area contributed by atoms with Crippen molar-refractivity contribution in [3.63, 3.8) is 0 Å². The average molecular weight is 208 g/mol. The number of hydrogen-bond donors (Lipinski definition) is 1. The summed E-state index contributed by atoms with van der Waals surface area (Å²) in [5.41, 5.74) is 1.14. The Morgan fingerprint density at radius 2 is 2.47 bits per heavy atom. The summed E-state index contributed by atoms with van der Waals surface area (Å²) >= 11 is 0. The number of nitrogens with one attached hydrogen (secondary N) is 1. The van der Waals surface area contributed by atoms with Gasteiger partial charge in [-0.15, -0.1) is 0 Å². The van der Waals surface area contributed by atoms with Gasteiger partial charge in [0, 0.05) is 12.7 Å². The highest BCUT2D eigenvalue weighted by molar-refractivity contribution is 5.37. The second kappa shape index (κ2) is 4.89. The van der Waals surface area contributed by atoms with Crippen molar-refractivity contribution in [1.29, 1.82) is 0 Å². The molecule has 1 aromatic heterocycles. The van der Waals surface area contributed by atoms with E-state index in [0.29, 0.717) is 19.0 Å². The largest absolute Gasteiger partial charge is 0.377 e. The molecule has 0 aromatic carbocycles. The van der Waals surface area contributed by atoms with Gasteiger partial charge in [0.2, 0.25) is 0 Å². The van der Waals surface area contributed by atoms with Gasteiger partial charge in [0.25, 0.3) is 0 Å². The molecule has 4 heteroatoms. The van der Waals surface area contributed by atoms with Crippen molar-refractivity contribution in [2.75, 3.05) is 25.1 Å². The third-order valence-electron chi connectivity index (χ3n) is 2.22. The number of anilines is 1. The normalized spacial score (nSPS) is 15.9. The Bertz CT molecular complexity index is 365. The molecule has 15 heavy (non-hydrogen) atoms. The van der Waals surface area contributed by atoms with E-state index >= 15 is 0 Å². The van der Waals surface area contributed by atoms with Crippen LogP contribution in [-0.2, 0) is 4.74 Å². The summed E-state index contributed by atoms with van der Waals surface area (Å²) in [4.78, 5) is 3.91. The molecule has 0 fully saturated rings. The van der Waals surface area contributed by atoms with Crippen molar-refractivity contribution < 1.29 is 9.13 Å². The standard InChI is InChI=1S/C11H13FN2O/c12-10-4-1-5-13-11(10)14-7-9-3-2-6-15-8-9/h1,3-5H,2,6-8H2,(H,13,14). The first kappa shape index (κ1) is 10.1. The van der Waals surface area contributed by atoms with Gasteiger partial charge in [0.05, 0.1) is 13.2 Å². The van der Waals surface area contributed by atoms with Crippen LogP contribution in [0.5, 0.6) is 0 Å². The fourth-order valence-electron chi connectivity index (χ4n) is 1.44. The highest BCUT2D eigenvalue weighted by atomic mass is 19.1. The molecule has 0 radical (unpaired) electrons. The molecule has 80 valence electrons. The quantitative estimate of drug-likeness (QED) is 0.771. The molecule has 0 atom stereocenters. The Kier molecular flexibility index (Phi) is 3.29. The van der Waals surface area contributed by atoms with Crippen LogP contribution >= 0.6 is 0 Å². The molecule has 1 aromatic rings. The van der Waals surface area contributed by atoms with Gasteiger partial charge in [-0.05, 0) is 24.1 Å². The zero-order valence-electron chi connectivity index (χ0n) is 8.37. The van der Waals surface area contributed by atoms with Crippen LogP contribution < -0.4 is 5.32 Å². The van der Waals surface area contributed by atoms with Crippen molar-refractivity contribution in [2.45, 2.75) is 6.42 Å². The lowest BCUT2D eigenvalue weighted by Gasteiger charge is -2.14. The predicted molar refractivity (Wildman–Crippen MR) is 56.2 cm³/mol. The van der Waals surface area contributed by atoms with Crippen molar-refractivity contribution >= 4 is 5.82 Å². The van der Waals surface area contributed by atoms with Crippen molar-refractivity contribution in [1.82, 2.24) is 4.98 Å². The van der Waals surface area contributed by atoms with Crippen LogP contribution in [0.4, 0.5) is 10.2 Å². The minimum Gasteiger partial charge on any atom is -0.377 e. The third kappa shape index (κ3) is 2.76. The number of pyridine rings is 1. The van der Waals surface area contributed by atoms with E-state index in [0.717, 1.165) is 18.6 Å². The summed E-state index contributed by atoms with van der Waals surface area (Å²) < 4.78 is 18.4. The van der Waals surface area contributed by atoms with Gasteiger partial charge in [0.15, 0.2) is 11.6 Å². The van der Waals surface area contributed by atoms with Gasteiger partial charge in [0.1, 0.15) is 0 Å². The van der Waals surface area contributed by atoms with E-state index in [2.05, 4.69) is 16.4 Å². The first-order valence-corrected chi connectivity index (χ1v) is 4.96. The summed E-state index contributed by atoms with van der Waals surface area (Å²) in [5, 5.41) is 2.95. The second-order valence-corrected chi connectivity index (χ2v) is 3.39. The number of halogens is 1. The van der Waals surface area contributed by atoms with E-state index in [1.807, 2.05) is 0 Å². The Balaban J connectivity index is 1.93. The molecule has 0 bridgehead atoms. The van der Waals surface area contributed by atoms with Crippen LogP contribution in [0.25, 0.3) is 0 Å². The molecule has 2 rings (SSSR count). The number of rotatable bonds is 3. The van der Waals surface area contributed by atoms with Crippen molar-refractivity contribution in [3.05, 3.63) is 35.8 Å². The lowest BCUT2D eigenvalue weighted by molar-refractivity contribution is 0.150. The minimum absolute atomic E-state index is 0.295. The molecule has 1 N–H and O–H groups in total. The van der Waals surface area contributed by atoms with E-state index in [9.17, 15) is 4.39 Å². The third-order valence-corrected chi connectivity index (χ3v) is 2.22. The molecule has 0 saturated heterocycles. The van der Waals surface area contributed by atoms with Crippen LogP contribution in [0.1, 0.15) is 6.42 Å². The summed E-state index contributed by atoms with van der Waals surface area (Å²) in [6.45, 7) is 2.00. The summed E-state index contributed by atoms with van der Waals surface area (Å²) in [6.07, 6.45) is 4.62. The number of hydrogen-bond acceptors (Lipinski definition) is 3. The molecule has 0 unspecified atom stereocenters. The zero-order valence-corrected chi connectivity index (χ0v) is 8.37. The molecule has 3 nitrogen and oxygen atoms in total. The molecule has 1 aliphatic rings. The van der Waals surface area contributed by atoms with E-state index in [-0.39, 0.29) is 5.82 Å². The second-order valence-electron chi connectivity index (χ2n) is 3.39. The fraction of sp³-hybridized carbons (Fsp3) is 0.364. The molecule has 1 aliphatic heterocycles. The molecular formula is C11H13FN2O. The smallest absolute Gasteiger partial charge is 0.165 e. The van der Waals surface area contributed by atoms with E-state index < -0.39 is 0 Å². The first-order valence-electron chi connectivity index (χ1n) is 4.96. The minimum atomic E-state index is -0.324. The molecule has 2 heterocycles. The fourth-order valence-corrected chi connectivity index (χ4v) is 1.44. The number of aromatic nitrogens is 1. The first-order chi connectivity index (χ1) is 7.36. The van der Waals surface area contributed by atoms with Crippen LogP contribution in [0.15, 0.2) is 30.0 Å². The number of ether oxygens (including phenoxy) is 1. The highest BCUT2D eigenvalue weighted by Gasteiger charge is 2.05. The maximum atomic E-state index is 13.2. The Morgan fingerprint density at radius 3 is 3.20 bits per heavy atom. The van der Waals surface area contributed by atoms with Gasteiger partial charge < -0.3 is 10.1 Å². The molecular weight excluding hydrogens is 195 g/mol. The van der Waals surface area contributed by atoms with Gasteiger partial charge in [-0.3, -0.25) is 0 Å². The summed E-state index contributed by atoms with van der Waals surface area (Å²) in [7, 11) is 0. The van der Waals surface area contributed by atoms with Crippen molar-refractivity contribution in [2.24, 2.45) is 0 Å². The molecule has 0 spiro atoms. The zero-order chi connectivity index (χ0) is 10.5. The van der Waals surface area contributed by atoms with Crippen LogP contribution in [0.3, 0.4) is 0 Å². The lowest BCUT2D eigenvalue weighted by atomic mass is 10.2. The van der Waals surface area contributed by atoms with Gasteiger partial charge in [-0.25, -0.2) is 9.37 Å². The van der Waals surface area contributed by atoms with Gasteiger partial charge >= 0.3 is 0 Å². The number of nitrogens with zero attached hydrogens (tertiary/aromatic N) is 1. The Morgan fingerprint density at radius 1 is 1.53 bits per heavy atom. The molecule has 0 amide bonds. The maximum absolute atomic E-state index is 13.2. The van der Waals surface area contributed by atoms with E-state index in [4.69, 9.17) is 4.74 Å². The monoisotopic (exact) mass is 208 g/mol. The Labute approximate surface area is 88.0 Å². The summed E-state index contributed by atoms with van der Waals surface area (Å²) in [6, 6.07) is 2.96. The van der Waals surface area contributed by atoms with Crippen LogP contribution in [-0.4, -0.2) is 24.7 Å². The predicted octanol–water partition coefficient (Wildman–Crippen LogP) is 1.98. The maximum Gasteiger partial charge on any atom is 0.165 e. The molecule has 0 saturated carbocycles. The van der Waals surface area contributed by atoms with Crippen LogP contribution in [0, 0.1) is 5.82 Å². The van der Waals surface area contributed by atoms with Crippen LogP contribution in [0.2, 0.25) is 0 Å². The highest BCUT2D eigenvalue weighted by Crippen LogP contribution is 2.11. The topological polar surface area (TPSA) is 34.2 Å². The lowest BCUT2D eigenvalue weighted by Crippen LogP contribution is -2.15.